The summed E-state index contributed by atoms with van der Waals surface area (Å²) in [6.07, 6.45) is 10.2. The predicted octanol–water partition coefficient (Wildman–Crippen LogP) is 2.34. The summed E-state index contributed by atoms with van der Waals surface area (Å²) in [7, 11) is 0. The van der Waals surface area contributed by atoms with Gasteiger partial charge in [0.1, 0.15) is 0 Å². The van der Waals surface area contributed by atoms with Crippen LogP contribution in [0.1, 0.15) is 77.6 Å². The molecule has 0 spiro atoms. The Labute approximate surface area is 142 Å². The molecule has 0 aliphatic heterocycles. The summed E-state index contributed by atoms with van der Waals surface area (Å²) in [6, 6.07) is 0. The Bertz CT molecular complexity index is 478. The van der Waals surface area contributed by atoms with Gasteiger partial charge in [-0.25, -0.2) is 0 Å². The maximum atomic E-state index is 11.5. The highest BCUT2D eigenvalue weighted by atomic mass is 16.2. The minimum Gasteiger partial charge on any atom is -0.294 e. The second kappa shape index (κ2) is 13.5. The highest BCUT2D eigenvalue weighted by molar-refractivity contribution is 6.90. The third-order valence-corrected chi connectivity index (χ3v) is 3.75. The summed E-state index contributed by atoms with van der Waals surface area (Å²) < 4.78 is 0. The fraction of sp³-hybridized carbons (Fsp3) is 0.667. The Morgan fingerprint density at radius 3 is 1.54 bits per heavy atom. The van der Waals surface area contributed by atoms with Gasteiger partial charge in [0.05, 0.1) is 0 Å². The average molecular weight is 338 g/mol. The van der Waals surface area contributed by atoms with Crippen LogP contribution < -0.4 is 0 Å². The predicted molar refractivity (Wildman–Crippen MR) is 87.6 cm³/mol. The molecule has 0 rings (SSSR count). The molecule has 0 radical (unpaired) electrons. The van der Waals surface area contributed by atoms with Crippen molar-refractivity contribution in [3.05, 3.63) is 0 Å². The van der Waals surface area contributed by atoms with Gasteiger partial charge in [0.2, 0.25) is 5.78 Å². The van der Waals surface area contributed by atoms with Crippen molar-refractivity contribution in [1.82, 2.24) is 0 Å². The summed E-state index contributed by atoms with van der Waals surface area (Å²) in [5.41, 5.74) is 0. The van der Waals surface area contributed by atoms with Crippen LogP contribution in [-0.2, 0) is 28.8 Å². The molecular formula is C18H26O6. The monoisotopic (exact) mass is 338 g/mol. The van der Waals surface area contributed by atoms with Crippen LogP contribution in [0, 0.1) is 0 Å². The Hall–Kier alpha value is -1.98. The van der Waals surface area contributed by atoms with E-state index in [2.05, 4.69) is 6.92 Å². The van der Waals surface area contributed by atoms with Crippen LogP contribution in [0.4, 0.5) is 0 Å². The van der Waals surface area contributed by atoms with E-state index in [9.17, 15) is 28.8 Å². The minimum atomic E-state index is -1.74. The molecule has 0 atom stereocenters. The summed E-state index contributed by atoms with van der Waals surface area (Å²) >= 11 is 0. The number of ketones is 5. The molecule has 0 amide bonds. The second-order valence-electron chi connectivity index (χ2n) is 5.82. The largest absolute Gasteiger partial charge is 0.294 e. The third-order valence-electron chi connectivity index (χ3n) is 3.75. The van der Waals surface area contributed by atoms with Crippen LogP contribution in [0.2, 0.25) is 0 Å². The van der Waals surface area contributed by atoms with Crippen molar-refractivity contribution in [3.63, 3.8) is 0 Å². The average Bonchev–Trinajstić information content (AvgIpc) is 2.60. The first kappa shape index (κ1) is 22.0. The molecule has 0 fully saturated rings. The van der Waals surface area contributed by atoms with Crippen LogP contribution >= 0.6 is 0 Å². The van der Waals surface area contributed by atoms with Gasteiger partial charge in [-0.2, -0.15) is 0 Å². The molecule has 0 bridgehead atoms. The number of Topliss-reactive ketones (excluding diaryl/α,β-unsaturated/α-hetero) is 5. The number of hydrogen-bond acceptors (Lipinski definition) is 6. The van der Waals surface area contributed by atoms with E-state index in [-0.39, 0.29) is 12.7 Å². The van der Waals surface area contributed by atoms with E-state index in [1.807, 2.05) is 0 Å². The van der Waals surface area contributed by atoms with Crippen molar-refractivity contribution >= 4 is 35.2 Å². The highest BCUT2D eigenvalue weighted by Gasteiger charge is 2.32. The first-order valence-corrected chi connectivity index (χ1v) is 8.61. The van der Waals surface area contributed by atoms with Gasteiger partial charge in [-0.3, -0.25) is 28.8 Å². The number of carbonyl (C=O) groups is 6. The van der Waals surface area contributed by atoms with Gasteiger partial charge in [0.15, 0.2) is 6.29 Å². The Balaban J connectivity index is 3.80. The van der Waals surface area contributed by atoms with Gasteiger partial charge in [-0.15, -0.1) is 0 Å². The van der Waals surface area contributed by atoms with Gasteiger partial charge >= 0.3 is 0 Å². The first-order chi connectivity index (χ1) is 11.5. The van der Waals surface area contributed by atoms with Crippen LogP contribution in [0.5, 0.6) is 0 Å². The molecule has 0 saturated carbocycles. The minimum absolute atomic E-state index is 0.121. The topological polar surface area (TPSA) is 102 Å². The van der Waals surface area contributed by atoms with Crippen molar-refractivity contribution < 1.29 is 28.8 Å². The fourth-order valence-corrected chi connectivity index (χ4v) is 2.28. The smallest absolute Gasteiger partial charge is 0.280 e. The van der Waals surface area contributed by atoms with Crippen LogP contribution in [0.3, 0.4) is 0 Å². The van der Waals surface area contributed by atoms with E-state index in [1.54, 1.807) is 0 Å². The molecule has 6 nitrogen and oxygen atoms in total. The Kier molecular flexibility index (Phi) is 12.3. The van der Waals surface area contributed by atoms with Crippen molar-refractivity contribution in [3.8, 4) is 0 Å². The third kappa shape index (κ3) is 9.22. The Morgan fingerprint density at radius 2 is 1.08 bits per heavy atom. The molecule has 0 saturated heterocycles. The van der Waals surface area contributed by atoms with Crippen molar-refractivity contribution in [2.24, 2.45) is 0 Å². The number of aldehydes is 1. The standard InChI is InChI=1S/C18H26O6/c1-2-3-4-5-6-7-8-9-10-11-12-14(20)16(22)18(24)17(23)15(21)13-19/h13H,2-12H2,1H3. The molecule has 0 heterocycles. The van der Waals surface area contributed by atoms with Gasteiger partial charge < -0.3 is 0 Å². The molecule has 24 heavy (non-hydrogen) atoms. The molecule has 0 aliphatic carbocycles. The number of rotatable bonds is 16. The zero-order valence-electron chi connectivity index (χ0n) is 14.3. The molecule has 0 aromatic carbocycles. The van der Waals surface area contributed by atoms with E-state index >= 15 is 0 Å². The lowest BCUT2D eigenvalue weighted by Gasteiger charge is -2.02. The Morgan fingerprint density at radius 1 is 0.625 bits per heavy atom. The van der Waals surface area contributed by atoms with E-state index in [0.717, 1.165) is 25.7 Å². The highest BCUT2D eigenvalue weighted by Crippen LogP contribution is 2.11. The normalized spacial score (nSPS) is 10.2. The maximum absolute atomic E-state index is 11.5. The number of unbranched alkanes of at least 4 members (excludes halogenated alkanes) is 9. The molecule has 0 aromatic heterocycles. The summed E-state index contributed by atoms with van der Waals surface area (Å²) in [5, 5.41) is 0. The fourth-order valence-electron chi connectivity index (χ4n) is 2.28. The second-order valence-corrected chi connectivity index (χ2v) is 5.82. The van der Waals surface area contributed by atoms with Crippen molar-refractivity contribution in [2.75, 3.05) is 0 Å². The van der Waals surface area contributed by atoms with Gasteiger partial charge in [0.25, 0.3) is 23.1 Å². The lowest BCUT2D eigenvalue weighted by Crippen LogP contribution is -2.35. The van der Waals surface area contributed by atoms with Gasteiger partial charge in [-0.1, -0.05) is 64.7 Å². The zero-order valence-corrected chi connectivity index (χ0v) is 14.3. The SMILES string of the molecule is CCCCCCCCCCCCC(=O)C(=O)C(=O)C(=O)C(=O)C=O. The molecule has 0 unspecified atom stereocenters. The lowest BCUT2D eigenvalue weighted by molar-refractivity contribution is -0.151. The summed E-state index contributed by atoms with van der Waals surface area (Å²) in [6.45, 7) is 2.18. The van der Waals surface area contributed by atoms with E-state index in [4.69, 9.17) is 0 Å². The quantitative estimate of drug-likeness (QED) is 0.185. The maximum Gasteiger partial charge on any atom is 0.280 e. The van der Waals surface area contributed by atoms with Crippen LogP contribution in [-0.4, -0.2) is 35.2 Å². The number of hydrogen-bond donors (Lipinski definition) is 0. The molecular weight excluding hydrogens is 312 g/mol. The van der Waals surface area contributed by atoms with E-state index in [0.29, 0.717) is 6.42 Å². The molecule has 0 aliphatic rings. The first-order valence-electron chi connectivity index (χ1n) is 8.61. The lowest BCUT2D eigenvalue weighted by atomic mass is 10.0. The number of carbonyl (C=O) groups excluding carboxylic acids is 6. The van der Waals surface area contributed by atoms with E-state index in [1.165, 1.54) is 32.1 Å². The molecule has 0 N–H and O–H groups in total. The van der Waals surface area contributed by atoms with Crippen LogP contribution in [0.25, 0.3) is 0 Å². The molecule has 6 heteroatoms. The zero-order chi connectivity index (χ0) is 18.4. The van der Waals surface area contributed by atoms with Gasteiger partial charge in [0, 0.05) is 6.42 Å². The summed E-state index contributed by atoms with van der Waals surface area (Å²) in [4.78, 5) is 66.1. The van der Waals surface area contributed by atoms with Crippen LogP contribution in [0.15, 0.2) is 0 Å². The summed E-state index contributed by atoms with van der Waals surface area (Å²) in [5.74, 6) is -7.56. The molecule has 134 valence electrons. The van der Waals surface area contributed by atoms with Gasteiger partial charge in [-0.05, 0) is 6.42 Å². The molecule has 0 aromatic rings. The van der Waals surface area contributed by atoms with Crippen molar-refractivity contribution in [1.29, 1.82) is 0 Å². The van der Waals surface area contributed by atoms with Crippen molar-refractivity contribution in [2.45, 2.75) is 77.6 Å². The van der Waals surface area contributed by atoms with E-state index < -0.39 is 28.9 Å².